The van der Waals surface area contributed by atoms with E-state index in [9.17, 15) is 4.39 Å². The summed E-state index contributed by atoms with van der Waals surface area (Å²) in [6.45, 7) is 2.16. The summed E-state index contributed by atoms with van der Waals surface area (Å²) in [5.74, 6) is 0.599. The molecule has 2 aromatic carbocycles. The van der Waals surface area contributed by atoms with Crippen molar-refractivity contribution in [1.82, 2.24) is 20.5 Å². The highest BCUT2D eigenvalue weighted by molar-refractivity contribution is 7.14. The standard InChI is InChI=1S/C24H21FN4S/c25-23-7-6-22(30-23)16-2-1-3-19-17(16)13-21(27-19)24-18-12-15(4-5-20(18)28-29-24)14-8-10-26-11-9-14/h1-7,12-14,26-27H,8-11H2,(H,28,29). The first-order valence-electron chi connectivity index (χ1n) is 10.3. The minimum absolute atomic E-state index is 0.165. The molecule has 0 aliphatic carbocycles. The molecule has 0 saturated carbocycles. The summed E-state index contributed by atoms with van der Waals surface area (Å²) in [5.41, 5.74) is 6.41. The number of halogens is 1. The Morgan fingerprint density at radius 3 is 2.67 bits per heavy atom. The van der Waals surface area contributed by atoms with E-state index in [2.05, 4.69) is 50.8 Å². The molecule has 30 heavy (non-hydrogen) atoms. The van der Waals surface area contributed by atoms with Crippen LogP contribution < -0.4 is 5.32 Å². The van der Waals surface area contributed by atoms with E-state index in [1.807, 2.05) is 18.2 Å². The van der Waals surface area contributed by atoms with E-state index in [-0.39, 0.29) is 5.13 Å². The van der Waals surface area contributed by atoms with Gasteiger partial charge in [-0.05, 0) is 73.8 Å². The van der Waals surface area contributed by atoms with Gasteiger partial charge in [0.1, 0.15) is 5.69 Å². The van der Waals surface area contributed by atoms with E-state index < -0.39 is 0 Å². The highest BCUT2D eigenvalue weighted by Gasteiger charge is 2.18. The molecular formula is C24H21FN4S. The summed E-state index contributed by atoms with van der Waals surface area (Å²) in [6, 6.07) is 18.3. The highest BCUT2D eigenvalue weighted by Crippen LogP contribution is 2.37. The fourth-order valence-corrected chi connectivity index (χ4v) is 5.37. The molecule has 5 aromatic rings. The van der Waals surface area contributed by atoms with Crippen molar-refractivity contribution in [2.45, 2.75) is 18.8 Å². The molecular weight excluding hydrogens is 395 g/mol. The van der Waals surface area contributed by atoms with Crippen LogP contribution >= 0.6 is 11.3 Å². The van der Waals surface area contributed by atoms with Crippen LogP contribution in [0.15, 0.2) is 54.6 Å². The van der Waals surface area contributed by atoms with Gasteiger partial charge in [-0.15, -0.1) is 11.3 Å². The van der Waals surface area contributed by atoms with Gasteiger partial charge in [-0.2, -0.15) is 9.49 Å². The second-order valence-corrected chi connectivity index (χ2v) is 8.99. The normalized spacial score (nSPS) is 15.4. The lowest BCUT2D eigenvalue weighted by Gasteiger charge is -2.23. The summed E-state index contributed by atoms with van der Waals surface area (Å²) in [7, 11) is 0. The SMILES string of the molecule is Fc1ccc(-c2cccc3[nH]c(-c4n[nH]c5ccc(C6CCNCC6)cc45)cc23)s1. The van der Waals surface area contributed by atoms with Crippen LogP contribution in [0.25, 0.3) is 43.6 Å². The minimum atomic E-state index is -0.165. The fourth-order valence-electron chi connectivity index (χ4n) is 4.60. The van der Waals surface area contributed by atoms with Gasteiger partial charge in [-0.25, -0.2) is 0 Å². The number of hydrogen-bond donors (Lipinski definition) is 3. The zero-order valence-electron chi connectivity index (χ0n) is 16.3. The predicted octanol–water partition coefficient (Wildman–Crippen LogP) is 6.05. The lowest BCUT2D eigenvalue weighted by Crippen LogP contribution is -2.26. The van der Waals surface area contributed by atoms with Crippen molar-refractivity contribution in [3.63, 3.8) is 0 Å². The zero-order valence-corrected chi connectivity index (χ0v) is 17.2. The molecule has 6 rings (SSSR count). The largest absolute Gasteiger partial charge is 0.353 e. The summed E-state index contributed by atoms with van der Waals surface area (Å²) >= 11 is 1.18. The van der Waals surface area contributed by atoms with E-state index in [1.165, 1.54) is 35.8 Å². The predicted molar refractivity (Wildman–Crippen MR) is 122 cm³/mol. The van der Waals surface area contributed by atoms with E-state index in [1.54, 1.807) is 0 Å². The molecule has 0 amide bonds. The molecule has 0 unspecified atom stereocenters. The Morgan fingerprint density at radius 2 is 1.83 bits per heavy atom. The number of aromatic amines is 2. The van der Waals surface area contributed by atoms with E-state index in [4.69, 9.17) is 0 Å². The number of rotatable bonds is 3. The maximum absolute atomic E-state index is 13.6. The molecule has 0 atom stereocenters. The molecule has 3 N–H and O–H groups in total. The van der Waals surface area contributed by atoms with Gasteiger partial charge in [0.2, 0.25) is 0 Å². The molecule has 1 aliphatic rings. The average Bonchev–Trinajstić information content (AvgIpc) is 3.51. The monoisotopic (exact) mass is 416 g/mol. The second-order valence-electron chi connectivity index (χ2n) is 7.96. The number of fused-ring (bicyclic) bond motifs is 2. The average molecular weight is 417 g/mol. The molecule has 4 nitrogen and oxygen atoms in total. The summed E-state index contributed by atoms with van der Waals surface area (Å²) < 4.78 is 13.6. The number of nitrogens with one attached hydrogen (secondary N) is 3. The highest BCUT2D eigenvalue weighted by atomic mass is 32.1. The van der Waals surface area contributed by atoms with Crippen LogP contribution in [0.3, 0.4) is 0 Å². The Labute approximate surface area is 177 Å². The van der Waals surface area contributed by atoms with Crippen molar-refractivity contribution in [3.8, 4) is 21.8 Å². The third-order valence-corrected chi connectivity index (χ3v) is 7.06. The lowest BCUT2D eigenvalue weighted by atomic mass is 9.89. The summed E-state index contributed by atoms with van der Waals surface area (Å²) in [4.78, 5) is 4.46. The first-order valence-corrected chi connectivity index (χ1v) is 11.1. The molecule has 150 valence electrons. The first-order chi connectivity index (χ1) is 14.8. The van der Waals surface area contributed by atoms with Crippen LogP contribution in [0.2, 0.25) is 0 Å². The second kappa shape index (κ2) is 7.07. The van der Waals surface area contributed by atoms with Gasteiger partial charge in [0.25, 0.3) is 0 Å². The molecule has 0 radical (unpaired) electrons. The molecule has 1 fully saturated rings. The smallest absolute Gasteiger partial charge is 0.176 e. The number of hydrogen-bond acceptors (Lipinski definition) is 3. The molecule has 0 bridgehead atoms. The molecule has 6 heteroatoms. The molecule has 1 aliphatic heterocycles. The maximum atomic E-state index is 13.6. The van der Waals surface area contributed by atoms with Crippen molar-refractivity contribution in [1.29, 1.82) is 0 Å². The lowest BCUT2D eigenvalue weighted by molar-refractivity contribution is 0.460. The maximum Gasteiger partial charge on any atom is 0.176 e. The van der Waals surface area contributed by atoms with E-state index in [0.29, 0.717) is 5.92 Å². The third-order valence-electron chi connectivity index (χ3n) is 6.16. The van der Waals surface area contributed by atoms with Gasteiger partial charge >= 0.3 is 0 Å². The molecule has 1 saturated heterocycles. The van der Waals surface area contributed by atoms with Crippen LogP contribution in [0.1, 0.15) is 24.3 Å². The number of thiophene rings is 1. The Balaban J connectivity index is 1.47. The third kappa shape index (κ3) is 2.95. The van der Waals surface area contributed by atoms with Crippen molar-refractivity contribution < 1.29 is 4.39 Å². The Bertz CT molecular complexity index is 1360. The quantitative estimate of drug-likeness (QED) is 0.335. The topological polar surface area (TPSA) is 56.5 Å². The van der Waals surface area contributed by atoms with Crippen LogP contribution in [-0.2, 0) is 0 Å². The number of piperidine rings is 1. The summed E-state index contributed by atoms with van der Waals surface area (Å²) in [5, 5.41) is 13.3. The van der Waals surface area contributed by atoms with Crippen LogP contribution in [0, 0.1) is 5.13 Å². The van der Waals surface area contributed by atoms with Gasteiger partial charge in [-0.3, -0.25) is 5.10 Å². The summed E-state index contributed by atoms with van der Waals surface area (Å²) in [6.07, 6.45) is 2.34. The number of benzene rings is 2. The Morgan fingerprint density at radius 1 is 0.933 bits per heavy atom. The van der Waals surface area contributed by atoms with Crippen LogP contribution in [-0.4, -0.2) is 28.3 Å². The number of H-pyrrole nitrogens is 2. The molecule has 0 spiro atoms. The number of aromatic nitrogens is 3. The molecule has 4 heterocycles. The minimum Gasteiger partial charge on any atom is -0.353 e. The van der Waals surface area contributed by atoms with Crippen LogP contribution in [0.5, 0.6) is 0 Å². The van der Waals surface area contributed by atoms with Crippen LogP contribution in [0.4, 0.5) is 4.39 Å². The number of nitrogens with zero attached hydrogens (tertiary/aromatic N) is 1. The van der Waals surface area contributed by atoms with Gasteiger partial charge < -0.3 is 10.3 Å². The zero-order chi connectivity index (χ0) is 20.1. The Hall–Kier alpha value is -2.96. The van der Waals surface area contributed by atoms with E-state index in [0.717, 1.165) is 56.7 Å². The first kappa shape index (κ1) is 17.9. The van der Waals surface area contributed by atoms with Gasteiger partial charge in [-0.1, -0.05) is 18.2 Å². The Kier molecular flexibility index (Phi) is 4.21. The van der Waals surface area contributed by atoms with Gasteiger partial charge in [0.15, 0.2) is 5.13 Å². The van der Waals surface area contributed by atoms with E-state index >= 15 is 0 Å². The van der Waals surface area contributed by atoms with Gasteiger partial charge in [0, 0.05) is 26.7 Å². The van der Waals surface area contributed by atoms with Crippen molar-refractivity contribution in [2.75, 3.05) is 13.1 Å². The van der Waals surface area contributed by atoms with Crippen molar-refractivity contribution >= 4 is 33.1 Å². The van der Waals surface area contributed by atoms with Crippen molar-refractivity contribution in [3.05, 3.63) is 65.3 Å². The van der Waals surface area contributed by atoms with Gasteiger partial charge in [0.05, 0.1) is 11.2 Å². The fraction of sp³-hybridized carbons (Fsp3) is 0.208. The van der Waals surface area contributed by atoms with Crippen molar-refractivity contribution in [2.24, 2.45) is 0 Å². The molecule has 3 aromatic heterocycles.